The molecule has 2 amide bonds. The second kappa shape index (κ2) is 6.83. The van der Waals surface area contributed by atoms with Gasteiger partial charge in [0, 0.05) is 5.70 Å². The molecule has 1 heterocycles. The Morgan fingerprint density at radius 3 is 2.27 bits per heavy atom. The Balaban J connectivity index is 1.75. The predicted octanol–water partition coefficient (Wildman–Crippen LogP) is 5.18. The van der Waals surface area contributed by atoms with E-state index in [1.165, 1.54) is 27.8 Å². The first kappa shape index (κ1) is 16.6. The molecule has 2 aromatic rings. The lowest BCUT2D eigenvalue weighted by Crippen LogP contribution is -2.45. The largest absolute Gasteiger partial charge is 0.327 e. The van der Waals surface area contributed by atoms with Gasteiger partial charge in [-0.25, -0.2) is 4.79 Å². The van der Waals surface area contributed by atoms with Gasteiger partial charge in [-0.1, -0.05) is 59.7 Å². The normalized spacial score (nSPS) is 21.2. The van der Waals surface area contributed by atoms with E-state index >= 15 is 0 Å². The minimum atomic E-state index is -0.119. The maximum Gasteiger partial charge on any atom is 0.319 e. The van der Waals surface area contributed by atoms with Crippen LogP contribution in [0.5, 0.6) is 0 Å². The van der Waals surface area contributed by atoms with E-state index in [1.54, 1.807) is 0 Å². The van der Waals surface area contributed by atoms with Crippen LogP contribution in [0.4, 0.5) is 4.79 Å². The topological polar surface area (TPSA) is 41.1 Å². The minimum absolute atomic E-state index is 0.0407. The summed E-state index contributed by atoms with van der Waals surface area (Å²) in [5.41, 5.74) is 8.34. The van der Waals surface area contributed by atoms with Crippen molar-refractivity contribution in [1.29, 1.82) is 0 Å². The Morgan fingerprint density at radius 2 is 1.58 bits per heavy atom. The molecular weight excluding hydrogens is 320 g/mol. The number of amides is 2. The number of benzene rings is 2. The van der Waals surface area contributed by atoms with Gasteiger partial charge in [-0.2, -0.15) is 0 Å². The third-order valence-corrected chi connectivity index (χ3v) is 5.23. The fraction of sp³-hybridized carbons (Fsp3) is 0.261. The Kier molecular flexibility index (Phi) is 4.37. The van der Waals surface area contributed by atoms with E-state index in [9.17, 15) is 4.79 Å². The van der Waals surface area contributed by atoms with Gasteiger partial charge in [0.15, 0.2) is 0 Å². The van der Waals surface area contributed by atoms with Gasteiger partial charge in [0.05, 0.1) is 6.04 Å². The van der Waals surface area contributed by atoms with Crippen LogP contribution in [-0.2, 0) is 0 Å². The maximum absolute atomic E-state index is 12.3. The van der Waals surface area contributed by atoms with Crippen molar-refractivity contribution in [3.8, 4) is 0 Å². The first-order chi connectivity index (χ1) is 12.6. The molecule has 26 heavy (non-hydrogen) atoms. The zero-order valence-corrected chi connectivity index (χ0v) is 15.3. The summed E-state index contributed by atoms with van der Waals surface area (Å²) in [6.45, 7) is 4.18. The molecule has 3 heteroatoms. The lowest BCUT2D eigenvalue weighted by molar-refractivity contribution is 0.238. The first-order valence-corrected chi connectivity index (χ1v) is 9.25. The number of hydrogen-bond donors (Lipinski definition) is 2. The van der Waals surface area contributed by atoms with Gasteiger partial charge in [-0.15, -0.1) is 0 Å². The van der Waals surface area contributed by atoms with Crippen LogP contribution in [0, 0.1) is 13.8 Å². The van der Waals surface area contributed by atoms with Gasteiger partial charge in [0.2, 0.25) is 0 Å². The van der Waals surface area contributed by atoms with Crippen LogP contribution in [0.3, 0.4) is 0 Å². The number of rotatable bonds is 2. The lowest BCUT2D eigenvalue weighted by atomic mass is 9.83. The molecule has 1 atom stereocenters. The standard InChI is InChI=1S/C23H24N2O/c1-15-6-10-17(11-7-15)14-19-4-3-5-20-21(24-23(26)25-22(19)20)18-12-8-16(2)9-13-18/h6-14,21H,3-5H2,1-2H3,(H2,24,25,26)/b19-14+. The van der Waals surface area contributed by atoms with Gasteiger partial charge >= 0.3 is 6.03 Å². The molecule has 0 radical (unpaired) electrons. The van der Waals surface area contributed by atoms with E-state index in [-0.39, 0.29) is 12.1 Å². The number of nitrogens with one attached hydrogen (secondary N) is 2. The van der Waals surface area contributed by atoms with Gasteiger partial charge in [0.1, 0.15) is 0 Å². The average Bonchev–Trinajstić information content (AvgIpc) is 2.64. The second-order valence-corrected chi connectivity index (χ2v) is 7.28. The Bertz CT molecular complexity index is 889. The van der Waals surface area contributed by atoms with Gasteiger partial charge in [-0.3, -0.25) is 0 Å². The molecule has 0 saturated heterocycles. The Hall–Kier alpha value is -2.81. The molecule has 0 saturated carbocycles. The van der Waals surface area contributed by atoms with Crippen molar-refractivity contribution in [3.63, 3.8) is 0 Å². The van der Waals surface area contributed by atoms with Crippen molar-refractivity contribution in [2.45, 2.75) is 39.2 Å². The van der Waals surface area contributed by atoms with Crippen LogP contribution in [-0.4, -0.2) is 6.03 Å². The van der Waals surface area contributed by atoms with Gasteiger partial charge < -0.3 is 10.6 Å². The molecule has 2 N–H and O–H groups in total. The molecule has 2 aliphatic rings. The smallest absolute Gasteiger partial charge is 0.319 e. The van der Waals surface area contributed by atoms with Crippen molar-refractivity contribution in [2.75, 3.05) is 0 Å². The van der Waals surface area contributed by atoms with Gasteiger partial charge in [0.25, 0.3) is 0 Å². The summed E-state index contributed by atoms with van der Waals surface area (Å²) in [4.78, 5) is 12.3. The number of carbonyl (C=O) groups excluding carboxylic acids is 1. The third-order valence-electron chi connectivity index (χ3n) is 5.23. The van der Waals surface area contributed by atoms with Crippen LogP contribution < -0.4 is 10.6 Å². The molecular formula is C23H24N2O. The molecule has 0 fully saturated rings. The highest BCUT2D eigenvalue weighted by atomic mass is 16.2. The van der Waals surface area contributed by atoms with Crippen molar-refractivity contribution in [3.05, 3.63) is 87.6 Å². The highest BCUT2D eigenvalue weighted by Crippen LogP contribution is 2.38. The van der Waals surface area contributed by atoms with E-state index in [1.807, 2.05) is 0 Å². The van der Waals surface area contributed by atoms with Crippen molar-refractivity contribution < 1.29 is 4.79 Å². The molecule has 0 spiro atoms. The zero-order valence-electron chi connectivity index (χ0n) is 15.3. The van der Waals surface area contributed by atoms with Crippen LogP contribution in [0.25, 0.3) is 6.08 Å². The molecule has 0 bridgehead atoms. The van der Waals surface area contributed by atoms with E-state index in [0.29, 0.717) is 0 Å². The van der Waals surface area contributed by atoms with E-state index in [4.69, 9.17) is 0 Å². The summed E-state index contributed by atoms with van der Waals surface area (Å²) < 4.78 is 0. The second-order valence-electron chi connectivity index (χ2n) is 7.28. The average molecular weight is 344 g/mol. The summed E-state index contributed by atoms with van der Waals surface area (Å²) >= 11 is 0. The number of aryl methyl sites for hydroxylation is 2. The summed E-state index contributed by atoms with van der Waals surface area (Å²) in [7, 11) is 0. The van der Waals surface area contributed by atoms with Crippen LogP contribution >= 0.6 is 0 Å². The minimum Gasteiger partial charge on any atom is -0.327 e. The fourth-order valence-corrected chi connectivity index (χ4v) is 3.79. The quantitative estimate of drug-likeness (QED) is 0.774. The summed E-state index contributed by atoms with van der Waals surface area (Å²) in [5.74, 6) is 0. The van der Waals surface area contributed by atoms with Crippen LogP contribution in [0.1, 0.15) is 47.6 Å². The highest BCUT2D eigenvalue weighted by Gasteiger charge is 2.31. The van der Waals surface area contributed by atoms with E-state index < -0.39 is 0 Å². The maximum atomic E-state index is 12.3. The molecule has 132 valence electrons. The zero-order chi connectivity index (χ0) is 18.1. The molecule has 3 nitrogen and oxygen atoms in total. The molecule has 1 aliphatic heterocycles. The number of hydrogen-bond acceptors (Lipinski definition) is 1. The van der Waals surface area contributed by atoms with Crippen molar-refractivity contribution in [2.24, 2.45) is 0 Å². The predicted molar refractivity (Wildman–Crippen MR) is 106 cm³/mol. The fourth-order valence-electron chi connectivity index (χ4n) is 3.79. The summed E-state index contributed by atoms with van der Waals surface area (Å²) in [6, 6.07) is 16.8. The SMILES string of the molecule is Cc1ccc(/C=C2\CCCC3=C2NC(=O)NC3c2ccc(C)cc2)cc1. The van der Waals surface area contributed by atoms with E-state index in [0.717, 1.165) is 30.5 Å². The number of urea groups is 1. The Labute approximate surface area is 154 Å². The Morgan fingerprint density at radius 1 is 0.923 bits per heavy atom. The molecule has 0 aromatic heterocycles. The monoisotopic (exact) mass is 344 g/mol. The third kappa shape index (κ3) is 3.30. The van der Waals surface area contributed by atoms with Crippen molar-refractivity contribution >= 4 is 12.1 Å². The van der Waals surface area contributed by atoms with Crippen molar-refractivity contribution in [1.82, 2.24) is 10.6 Å². The lowest BCUT2D eigenvalue weighted by Gasteiger charge is -2.34. The first-order valence-electron chi connectivity index (χ1n) is 9.25. The number of carbonyl (C=O) groups is 1. The number of allylic oxidation sites excluding steroid dienone is 1. The van der Waals surface area contributed by atoms with Crippen LogP contribution in [0.2, 0.25) is 0 Å². The summed E-state index contributed by atoms with van der Waals surface area (Å²) in [5, 5.41) is 6.18. The highest BCUT2D eigenvalue weighted by molar-refractivity contribution is 5.81. The molecule has 1 unspecified atom stereocenters. The molecule has 1 aliphatic carbocycles. The van der Waals surface area contributed by atoms with Gasteiger partial charge in [-0.05, 0) is 61.5 Å². The van der Waals surface area contributed by atoms with Crippen LogP contribution in [0.15, 0.2) is 65.4 Å². The molecule has 4 rings (SSSR count). The van der Waals surface area contributed by atoms with E-state index in [2.05, 4.69) is 79.1 Å². The summed E-state index contributed by atoms with van der Waals surface area (Å²) in [6.07, 6.45) is 5.32. The molecule has 2 aromatic carbocycles.